The Kier molecular flexibility index (Phi) is 6.26. The molecular weight excluding hydrogens is 426 g/mol. The van der Waals surface area contributed by atoms with E-state index in [-0.39, 0.29) is 12.0 Å². The molecule has 2 atom stereocenters. The fraction of sp³-hybridized carbons (Fsp3) is 0.652. The molecule has 0 aromatic carbocycles. The summed E-state index contributed by atoms with van der Waals surface area (Å²) in [4.78, 5) is 25.4. The molecule has 0 spiro atoms. The van der Waals surface area contributed by atoms with E-state index >= 15 is 0 Å². The molecule has 2 fully saturated rings. The molecule has 170 valence electrons. The number of ether oxygens (including phenoxy) is 2. The van der Waals surface area contributed by atoms with Crippen LogP contribution in [0, 0.1) is 17.2 Å². The molecule has 2 aliphatic carbocycles. The van der Waals surface area contributed by atoms with Gasteiger partial charge in [-0.2, -0.15) is 5.26 Å². The number of thiophene rings is 1. The van der Waals surface area contributed by atoms with E-state index < -0.39 is 11.8 Å². The number of nitrogens with two attached hydrogens (primary N) is 1. The summed E-state index contributed by atoms with van der Waals surface area (Å²) < 4.78 is 12.0. The second-order valence-corrected chi connectivity index (χ2v) is 10.1. The van der Waals surface area contributed by atoms with Crippen LogP contribution in [0.5, 0.6) is 5.88 Å². The Morgan fingerprint density at radius 2 is 2.06 bits per heavy atom. The van der Waals surface area contributed by atoms with Gasteiger partial charge in [-0.25, -0.2) is 9.97 Å². The number of amides is 1. The highest BCUT2D eigenvalue weighted by Crippen LogP contribution is 2.48. The van der Waals surface area contributed by atoms with Gasteiger partial charge >= 0.3 is 0 Å². The van der Waals surface area contributed by atoms with Crippen molar-refractivity contribution in [3.63, 3.8) is 0 Å². The number of aromatic nitrogens is 2. The third-order valence-electron chi connectivity index (χ3n) is 7.20. The zero-order chi connectivity index (χ0) is 22.1. The van der Waals surface area contributed by atoms with Crippen LogP contribution in [0.15, 0.2) is 6.33 Å². The fourth-order valence-electron chi connectivity index (χ4n) is 5.51. The highest BCUT2D eigenvalue weighted by atomic mass is 32.1. The molecule has 1 unspecified atom stereocenters. The molecular formula is C23H29N5O3S. The molecule has 32 heavy (non-hydrogen) atoms. The minimum atomic E-state index is -0.773. The SMILES string of the molecule is N#CC(C[C@H]1CCc2sc3ncnc(OC4CCC(N5CCOCC5)CC4)c3c21)C(N)=O. The summed E-state index contributed by atoms with van der Waals surface area (Å²) in [6.07, 6.45) is 8.32. The van der Waals surface area contributed by atoms with Crippen molar-refractivity contribution in [2.45, 2.75) is 63.0 Å². The van der Waals surface area contributed by atoms with Crippen LogP contribution in [0.1, 0.15) is 54.9 Å². The molecule has 1 saturated carbocycles. The van der Waals surface area contributed by atoms with Crippen molar-refractivity contribution in [3.05, 3.63) is 16.8 Å². The molecule has 3 aliphatic rings. The topological polar surface area (TPSA) is 114 Å². The number of rotatable bonds is 6. The quantitative estimate of drug-likeness (QED) is 0.712. The molecule has 5 rings (SSSR count). The normalized spacial score (nSPS) is 27.0. The summed E-state index contributed by atoms with van der Waals surface area (Å²) in [7, 11) is 0. The lowest BCUT2D eigenvalue weighted by molar-refractivity contribution is -0.120. The number of fused-ring (bicyclic) bond motifs is 3. The summed E-state index contributed by atoms with van der Waals surface area (Å²) in [5.41, 5.74) is 6.60. The van der Waals surface area contributed by atoms with Crippen molar-refractivity contribution in [1.29, 1.82) is 5.26 Å². The van der Waals surface area contributed by atoms with Crippen LogP contribution in [0.4, 0.5) is 0 Å². The second kappa shape index (κ2) is 9.30. The first-order valence-corrected chi connectivity index (χ1v) is 12.4. The number of primary amides is 1. The predicted molar refractivity (Wildman–Crippen MR) is 120 cm³/mol. The van der Waals surface area contributed by atoms with Gasteiger partial charge in [0, 0.05) is 24.0 Å². The maximum absolute atomic E-state index is 11.6. The summed E-state index contributed by atoms with van der Waals surface area (Å²) in [5, 5.41) is 10.3. The van der Waals surface area contributed by atoms with E-state index in [4.69, 9.17) is 15.2 Å². The summed E-state index contributed by atoms with van der Waals surface area (Å²) >= 11 is 1.68. The summed E-state index contributed by atoms with van der Waals surface area (Å²) in [5.74, 6) is -0.557. The van der Waals surface area contributed by atoms with Gasteiger partial charge in [0.2, 0.25) is 11.8 Å². The lowest BCUT2D eigenvalue weighted by Gasteiger charge is -2.38. The Hall–Kier alpha value is -2.28. The predicted octanol–water partition coefficient (Wildman–Crippen LogP) is 2.76. The van der Waals surface area contributed by atoms with Crippen LogP contribution < -0.4 is 10.5 Å². The van der Waals surface area contributed by atoms with Crippen molar-refractivity contribution in [1.82, 2.24) is 14.9 Å². The molecule has 2 N–H and O–H groups in total. The molecule has 2 aromatic rings. The monoisotopic (exact) mass is 455 g/mol. The molecule has 1 amide bonds. The number of nitrogens with zero attached hydrogens (tertiary/aromatic N) is 4. The number of hydrogen-bond acceptors (Lipinski definition) is 8. The maximum atomic E-state index is 11.6. The Labute approximate surface area is 191 Å². The Morgan fingerprint density at radius 3 is 2.78 bits per heavy atom. The molecule has 8 nitrogen and oxygen atoms in total. The van der Waals surface area contributed by atoms with E-state index in [1.54, 1.807) is 17.7 Å². The van der Waals surface area contributed by atoms with Crippen molar-refractivity contribution in [3.8, 4) is 11.9 Å². The number of nitriles is 1. The first kappa shape index (κ1) is 21.6. The van der Waals surface area contributed by atoms with Crippen molar-refractivity contribution in [2.75, 3.05) is 26.3 Å². The minimum Gasteiger partial charge on any atom is -0.474 e. The average Bonchev–Trinajstić information content (AvgIpc) is 3.38. The van der Waals surface area contributed by atoms with Gasteiger partial charge in [-0.05, 0) is 56.4 Å². The van der Waals surface area contributed by atoms with E-state index in [0.717, 1.165) is 75.0 Å². The number of hydrogen-bond donors (Lipinski definition) is 1. The first-order valence-electron chi connectivity index (χ1n) is 11.6. The van der Waals surface area contributed by atoms with E-state index in [1.807, 2.05) is 0 Å². The van der Waals surface area contributed by atoms with Gasteiger partial charge in [-0.3, -0.25) is 9.69 Å². The third kappa shape index (κ3) is 4.19. The van der Waals surface area contributed by atoms with E-state index in [1.165, 1.54) is 10.4 Å². The van der Waals surface area contributed by atoms with Gasteiger partial charge in [-0.15, -0.1) is 11.3 Å². The third-order valence-corrected chi connectivity index (χ3v) is 8.37. The average molecular weight is 456 g/mol. The molecule has 3 heterocycles. The Balaban J connectivity index is 1.32. The van der Waals surface area contributed by atoms with Gasteiger partial charge in [0.1, 0.15) is 23.2 Å². The van der Waals surface area contributed by atoms with Crippen LogP contribution in [0.25, 0.3) is 10.2 Å². The van der Waals surface area contributed by atoms with Gasteiger partial charge < -0.3 is 15.2 Å². The molecule has 1 aliphatic heterocycles. The van der Waals surface area contributed by atoms with Crippen molar-refractivity contribution < 1.29 is 14.3 Å². The Morgan fingerprint density at radius 1 is 1.28 bits per heavy atom. The second-order valence-electron chi connectivity index (χ2n) is 9.05. The molecule has 0 bridgehead atoms. The van der Waals surface area contributed by atoms with E-state index in [2.05, 4.69) is 20.9 Å². The van der Waals surface area contributed by atoms with Crippen LogP contribution in [0.3, 0.4) is 0 Å². The molecule has 0 radical (unpaired) electrons. The summed E-state index contributed by atoms with van der Waals surface area (Å²) in [6, 6.07) is 2.69. The van der Waals surface area contributed by atoms with Crippen molar-refractivity contribution >= 4 is 27.5 Å². The van der Waals surface area contributed by atoms with Crippen molar-refractivity contribution in [2.24, 2.45) is 11.7 Å². The number of aryl methyl sites for hydroxylation is 1. The van der Waals surface area contributed by atoms with Crippen LogP contribution in [-0.4, -0.2) is 59.2 Å². The van der Waals surface area contributed by atoms with Gasteiger partial charge in [0.25, 0.3) is 0 Å². The van der Waals surface area contributed by atoms with Gasteiger partial charge in [-0.1, -0.05) is 0 Å². The molecule has 1 saturated heterocycles. The van der Waals surface area contributed by atoms with Crippen LogP contribution >= 0.6 is 11.3 Å². The van der Waals surface area contributed by atoms with Crippen LogP contribution in [0.2, 0.25) is 0 Å². The smallest absolute Gasteiger partial charge is 0.234 e. The summed E-state index contributed by atoms with van der Waals surface area (Å²) in [6.45, 7) is 3.73. The minimum absolute atomic E-state index is 0.112. The fourth-order valence-corrected chi connectivity index (χ4v) is 6.74. The number of carbonyl (C=O) groups excluding carboxylic acids is 1. The van der Waals surface area contributed by atoms with Crippen LogP contribution in [-0.2, 0) is 16.0 Å². The highest BCUT2D eigenvalue weighted by molar-refractivity contribution is 7.19. The highest BCUT2D eigenvalue weighted by Gasteiger charge is 2.34. The van der Waals surface area contributed by atoms with E-state index in [0.29, 0.717) is 18.3 Å². The lowest BCUT2D eigenvalue weighted by Crippen LogP contribution is -2.46. The number of morpholine rings is 1. The lowest BCUT2D eigenvalue weighted by atomic mass is 9.90. The van der Waals surface area contributed by atoms with E-state index in [9.17, 15) is 10.1 Å². The Bertz CT molecular complexity index is 1020. The number of carbonyl (C=O) groups is 1. The molecule has 2 aromatic heterocycles. The molecule has 9 heteroatoms. The first-order chi connectivity index (χ1) is 15.6. The van der Waals surface area contributed by atoms with Gasteiger partial charge in [0.05, 0.1) is 24.7 Å². The largest absolute Gasteiger partial charge is 0.474 e. The standard InChI is InChI=1S/C23H29N5O3S/c24-12-15(21(25)29)11-14-1-6-18-19(14)20-22(26-13-27-23(20)32-18)31-17-4-2-16(3-5-17)28-7-9-30-10-8-28/h13-17H,1-11H2,(H2,25,29)/t14-,15?,16?,17?/m1/s1. The van der Waals surface area contributed by atoms with Gasteiger partial charge in [0.15, 0.2) is 0 Å². The zero-order valence-corrected chi connectivity index (χ0v) is 19.0. The zero-order valence-electron chi connectivity index (χ0n) is 18.2. The maximum Gasteiger partial charge on any atom is 0.234 e.